The number of esters is 1. The second-order valence-corrected chi connectivity index (χ2v) is 3.72. The van der Waals surface area contributed by atoms with E-state index in [0.29, 0.717) is 12.4 Å². The highest BCUT2D eigenvalue weighted by atomic mass is 16.5. The van der Waals surface area contributed by atoms with Gasteiger partial charge in [-0.05, 0) is 24.6 Å². The van der Waals surface area contributed by atoms with Crippen molar-refractivity contribution in [3.05, 3.63) is 48.2 Å². The van der Waals surface area contributed by atoms with Gasteiger partial charge in [0, 0.05) is 5.56 Å². The fourth-order valence-corrected chi connectivity index (χ4v) is 1.66. The molecule has 92 valence electrons. The standard InChI is InChI=1S/C14H14N2O2/c1-2-18-14(17)12-9-8-11(13(15)16-12)10-6-4-3-5-7-10/h3-9H,2H2,1H3,(H2,15,16). The van der Waals surface area contributed by atoms with Crippen molar-refractivity contribution < 1.29 is 9.53 Å². The third kappa shape index (κ3) is 2.48. The Kier molecular flexibility index (Phi) is 3.57. The van der Waals surface area contributed by atoms with Gasteiger partial charge < -0.3 is 10.5 Å². The van der Waals surface area contributed by atoms with Crippen molar-refractivity contribution in [2.24, 2.45) is 0 Å². The molecule has 4 nitrogen and oxygen atoms in total. The van der Waals surface area contributed by atoms with Crippen molar-refractivity contribution in [2.75, 3.05) is 12.3 Å². The third-order valence-electron chi connectivity index (χ3n) is 2.49. The number of hydrogen-bond donors (Lipinski definition) is 1. The average molecular weight is 242 g/mol. The van der Waals surface area contributed by atoms with Crippen LogP contribution < -0.4 is 5.73 Å². The predicted molar refractivity (Wildman–Crippen MR) is 70.0 cm³/mol. The number of carbonyl (C=O) groups excluding carboxylic acids is 1. The number of ether oxygens (including phenoxy) is 1. The number of nitrogen functional groups attached to an aromatic ring is 1. The monoisotopic (exact) mass is 242 g/mol. The molecule has 0 aliphatic rings. The molecule has 0 unspecified atom stereocenters. The lowest BCUT2D eigenvalue weighted by atomic mass is 10.1. The van der Waals surface area contributed by atoms with E-state index in [4.69, 9.17) is 10.5 Å². The van der Waals surface area contributed by atoms with Gasteiger partial charge in [0.2, 0.25) is 0 Å². The van der Waals surface area contributed by atoms with Gasteiger partial charge in [-0.25, -0.2) is 9.78 Å². The molecule has 0 saturated carbocycles. The summed E-state index contributed by atoms with van der Waals surface area (Å²) in [4.78, 5) is 15.6. The molecule has 0 spiro atoms. The summed E-state index contributed by atoms with van der Waals surface area (Å²) in [5.41, 5.74) is 7.88. The largest absolute Gasteiger partial charge is 0.461 e. The van der Waals surface area contributed by atoms with Crippen LogP contribution in [-0.2, 0) is 4.74 Å². The SMILES string of the molecule is CCOC(=O)c1ccc(-c2ccccc2)c(N)n1. The highest BCUT2D eigenvalue weighted by Gasteiger charge is 2.11. The molecular weight excluding hydrogens is 228 g/mol. The zero-order valence-corrected chi connectivity index (χ0v) is 10.1. The molecule has 1 aromatic heterocycles. The number of aromatic nitrogens is 1. The minimum Gasteiger partial charge on any atom is -0.461 e. The van der Waals surface area contributed by atoms with Gasteiger partial charge in [-0.1, -0.05) is 30.3 Å². The molecule has 4 heteroatoms. The van der Waals surface area contributed by atoms with Crippen molar-refractivity contribution in [2.45, 2.75) is 6.92 Å². The van der Waals surface area contributed by atoms with E-state index in [-0.39, 0.29) is 5.69 Å². The maximum atomic E-state index is 11.5. The Bertz CT molecular complexity index is 553. The smallest absolute Gasteiger partial charge is 0.356 e. The number of pyridine rings is 1. The number of hydrogen-bond acceptors (Lipinski definition) is 4. The zero-order chi connectivity index (χ0) is 13.0. The molecule has 0 bridgehead atoms. The second kappa shape index (κ2) is 5.31. The number of rotatable bonds is 3. The van der Waals surface area contributed by atoms with Gasteiger partial charge >= 0.3 is 5.97 Å². The summed E-state index contributed by atoms with van der Waals surface area (Å²) < 4.78 is 4.87. The highest BCUT2D eigenvalue weighted by Crippen LogP contribution is 2.24. The minimum absolute atomic E-state index is 0.231. The fraction of sp³-hybridized carbons (Fsp3) is 0.143. The summed E-state index contributed by atoms with van der Waals surface area (Å²) in [5.74, 6) is -0.129. The molecule has 1 heterocycles. The topological polar surface area (TPSA) is 65.2 Å². The van der Waals surface area contributed by atoms with E-state index in [1.165, 1.54) is 0 Å². The Hall–Kier alpha value is -2.36. The van der Waals surface area contributed by atoms with E-state index < -0.39 is 5.97 Å². The molecule has 0 saturated heterocycles. The molecule has 2 rings (SSSR count). The molecule has 0 radical (unpaired) electrons. The Morgan fingerprint density at radius 1 is 1.22 bits per heavy atom. The van der Waals surface area contributed by atoms with Gasteiger partial charge in [0.15, 0.2) is 5.69 Å². The molecule has 0 aliphatic heterocycles. The van der Waals surface area contributed by atoms with Crippen LogP contribution >= 0.6 is 0 Å². The van der Waals surface area contributed by atoms with Crippen LogP contribution in [0.15, 0.2) is 42.5 Å². The van der Waals surface area contributed by atoms with Crippen molar-refractivity contribution >= 4 is 11.8 Å². The Morgan fingerprint density at radius 2 is 1.94 bits per heavy atom. The summed E-state index contributed by atoms with van der Waals surface area (Å²) >= 11 is 0. The highest BCUT2D eigenvalue weighted by molar-refractivity contribution is 5.89. The first kappa shape index (κ1) is 12.1. The molecule has 0 aliphatic carbocycles. The summed E-state index contributed by atoms with van der Waals surface area (Å²) in [6.07, 6.45) is 0. The van der Waals surface area contributed by atoms with Crippen LogP contribution in [0.5, 0.6) is 0 Å². The first-order valence-corrected chi connectivity index (χ1v) is 5.71. The van der Waals surface area contributed by atoms with Crippen LogP contribution in [0, 0.1) is 0 Å². The molecule has 2 N–H and O–H groups in total. The maximum Gasteiger partial charge on any atom is 0.356 e. The fourth-order valence-electron chi connectivity index (χ4n) is 1.66. The minimum atomic E-state index is -0.455. The van der Waals surface area contributed by atoms with Gasteiger partial charge in [0.05, 0.1) is 6.61 Å². The van der Waals surface area contributed by atoms with Crippen molar-refractivity contribution in [1.29, 1.82) is 0 Å². The molecule has 18 heavy (non-hydrogen) atoms. The van der Waals surface area contributed by atoms with Gasteiger partial charge in [0.25, 0.3) is 0 Å². The van der Waals surface area contributed by atoms with E-state index in [1.807, 2.05) is 30.3 Å². The quantitative estimate of drug-likeness (QED) is 0.840. The second-order valence-electron chi connectivity index (χ2n) is 3.72. The van der Waals surface area contributed by atoms with Gasteiger partial charge in [0.1, 0.15) is 5.82 Å². The van der Waals surface area contributed by atoms with E-state index >= 15 is 0 Å². The van der Waals surface area contributed by atoms with Crippen LogP contribution in [0.4, 0.5) is 5.82 Å². The molecule has 1 aromatic carbocycles. The summed E-state index contributed by atoms with van der Waals surface area (Å²) in [6.45, 7) is 2.07. The van der Waals surface area contributed by atoms with E-state index in [9.17, 15) is 4.79 Å². The first-order valence-electron chi connectivity index (χ1n) is 5.71. The number of nitrogens with two attached hydrogens (primary N) is 1. The van der Waals surface area contributed by atoms with E-state index in [0.717, 1.165) is 11.1 Å². The molecular formula is C14H14N2O2. The van der Waals surface area contributed by atoms with Crippen molar-refractivity contribution in [3.63, 3.8) is 0 Å². The first-order chi connectivity index (χ1) is 8.72. The van der Waals surface area contributed by atoms with Crippen molar-refractivity contribution in [3.8, 4) is 11.1 Å². The van der Waals surface area contributed by atoms with Crippen LogP contribution in [-0.4, -0.2) is 17.6 Å². The predicted octanol–water partition coefficient (Wildman–Crippen LogP) is 2.51. The molecule has 0 atom stereocenters. The van der Waals surface area contributed by atoms with Gasteiger partial charge in [-0.3, -0.25) is 0 Å². The number of nitrogens with zero attached hydrogens (tertiary/aromatic N) is 1. The number of benzene rings is 1. The van der Waals surface area contributed by atoms with Gasteiger partial charge in [-0.15, -0.1) is 0 Å². The molecule has 2 aromatic rings. The average Bonchev–Trinajstić information content (AvgIpc) is 2.40. The van der Waals surface area contributed by atoms with Gasteiger partial charge in [-0.2, -0.15) is 0 Å². The summed E-state index contributed by atoms with van der Waals surface area (Å²) in [5, 5.41) is 0. The van der Waals surface area contributed by atoms with Crippen LogP contribution in [0.3, 0.4) is 0 Å². The number of carbonyl (C=O) groups is 1. The lowest BCUT2D eigenvalue weighted by Crippen LogP contribution is -2.08. The molecule has 0 amide bonds. The Labute approximate surface area is 105 Å². The zero-order valence-electron chi connectivity index (χ0n) is 10.1. The van der Waals surface area contributed by atoms with E-state index in [1.54, 1.807) is 19.1 Å². The van der Waals surface area contributed by atoms with Crippen LogP contribution in [0.1, 0.15) is 17.4 Å². The summed E-state index contributed by atoms with van der Waals surface area (Å²) in [6, 6.07) is 13.1. The van der Waals surface area contributed by atoms with E-state index in [2.05, 4.69) is 4.98 Å². The normalized spacial score (nSPS) is 10.1. The Balaban J connectivity index is 2.34. The maximum absolute atomic E-state index is 11.5. The Morgan fingerprint density at radius 3 is 2.56 bits per heavy atom. The van der Waals surface area contributed by atoms with Crippen LogP contribution in [0.2, 0.25) is 0 Å². The number of anilines is 1. The van der Waals surface area contributed by atoms with Crippen LogP contribution in [0.25, 0.3) is 11.1 Å². The third-order valence-corrected chi connectivity index (χ3v) is 2.49. The molecule has 0 fully saturated rings. The lowest BCUT2D eigenvalue weighted by Gasteiger charge is -2.07. The lowest BCUT2D eigenvalue weighted by molar-refractivity contribution is 0.0519. The van der Waals surface area contributed by atoms with Crippen molar-refractivity contribution in [1.82, 2.24) is 4.98 Å². The summed E-state index contributed by atoms with van der Waals surface area (Å²) in [7, 11) is 0.